The van der Waals surface area contributed by atoms with Crippen LogP contribution in [0.3, 0.4) is 0 Å². The number of carbonyl (C=O) groups excluding carboxylic acids is 1. The third kappa shape index (κ3) is 2.61. The zero-order valence-electron chi connectivity index (χ0n) is 13.1. The van der Waals surface area contributed by atoms with Gasteiger partial charge in [0.05, 0.1) is 22.8 Å². The third-order valence-corrected chi connectivity index (χ3v) is 6.26. The number of furan rings is 1. The van der Waals surface area contributed by atoms with E-state index in [0.29, 0.717) is 11.5 Å². The van der Waals surface area contributed by atoms with E-state index in [-0.39, 0.29) is 21.7 Å². The molecule has 1 N–H and O–H groups in total. The number of hydrogen-bond donors (Lipinski definition) is 1. The minimum atomic E-state index is -3.72. The number of nitrogens with one attached hydrogen (secondary N) is 1. The van der Waals surface area contributed by atoms with Gasteiger partial charge in [0, 0.05) is 0 Å². The average molecular weight is 366 g/mol. The molecule has 0 saturated heterocycles. The lowest BCUT2D eigenvalue weighted by Gasteiger charge is -2.25. The summed E-state index contributed by atoms with van der Waals surface area (Å²) >= 11 is 0.771. The van der Waals surface area contributed by atoms with Crippen LogP contribution in [-0.4, -0.2) is 40.6 Å². The number of aryl methyl sites for hydroxylation is 1. The van der Waals surface area contributed by atoms with Gasteiger partial charge in [-0.3, -0.25) is 10.2 Å². The lowest BCUT2D eigenvalue weighted by atomic mass is 10.1. The lowest BCUT2D eigenvalue weighted by molar-refractivity contribution is -0.114. The quantitative estimate of drug-likeness (QED) is 0.632. The van der Waals surface area contributed by atoms with Crippen molar-refractivity contribution in [1.82, 2.24) is 4.90 Å². The summed E-state index contributed by atoms with van der Waals surface area (Å²) in [6.45, 7) is 4.81. The molecule has 3 rings (SSSR count). The minimum Gasteiger partial charge on any atom is -0.462 e. The molecule has 0 unspecified atom stereocenters. The molecule has 0 spiro atoms. The van der Waals surface area contributed by atoms with Crippen LogP contribution < -0.4 is 0 Å². The molecule has 0 aromatic carbocycles. The van der Waals surface area contributed by atoms with E-state index in [1.807, 2.05) is 0 Å². The van der Waals surface area contributed by atoms with Crippen molar-refractivity contribution in [2.45, 2.75) is 26.0 Å². The number of hydrogen-bond acceptors (Lipinski definition) is 7. The van der Waals surface area contributed by atoms with Gasteiger partial charge >= 0.3 is 0 Å². The van der Waals surface area contributed by atoms with Crippen molar-refractivity contribution in [3.8, 4) is 0 Å². The molecule has 2 aliphatic heterocycles. The Morgan fingerprint density at radius 1 is 1.38 bits per heavy atom. The highest BCUT2D eigenvalue weighted by Crippen LogP contribution is 2.31. The summed E-state index contributed by atoms with van der Waals surface area (Å²) in [5, 5.41) is 7.35. The van der Waals surface area contributed by atoms with E-state index in [1.165, 1.54) is 19.9 Å². The Morgan fingerprint density at radius 3 is 2.67 bits per heavy atom. The molecule has 8 nitrogen and oxygen atoms in total. The van der Waals surface area contributed by atoms with E-state index in [0.717, 1.165) is 16.8 Å². The van der Waals surface area contributed by atoms with Crippen LogP contribution in [0.2, 0.25) is 0 Å². The second kappa shape index (κ2) is 5.71. The molecule has 24 heavy (non-hydrogen) atoms. The predicted molar refractivity (Wildman–Crippen MR) is 92.5 cm³/mol. The number of sulfone groups is 1. The van der Waals surface area contributed by atoms with Crippen molar-refractivity contribution in [1.29, 1.82) is 5.41 Å². The summed E-state index contributed by atoms with van der Waals surface area (Å²) in [7, 11) is -3.72. The highest BCUT2D eigenvalue weighted by molar-refractivity contribution is 8.16. The first-order valence-corrected chi connectivity index (χ1v) is 9.33. The van der Waals surface area contributed by atoms with Crippen LogP contribution in [0.15, 0.2) is 31.5 Å². The van der Waals surface area contributed by atoms with Crippen LogP contribution in [0.5, 0.6) is 0 Å². The maximum Gasteiger partial charge on any atom is 0.283 e. The Morgan fingerprint density at radius 2 is 2.08 bits per heavy atom. The lowest BCUT2D eigenvalue weighted by Crippen LogP contribution is -2.46. The van der Waals surface area contributed by atoms with Gasteiger partial charge < -0.3 is 4.42 Å². The van der Waals surface area contributed by atoms with Gasteiger partial charge in [-0.25, -0.2) is 13.3 Å². The van der Waals surface area contributed by atoms with E-state index < -0.39 is 21.0 Å². The Kier molecular flexibility index (Phi) is 3.96. The topological polar surface area (TPSA) is 116 Å². The van der Waals surface area contributed by atoms with Crippen LogP contribution in [0, 0.1) is 12.3 Å². The van der Waals surface area contributed by atoms with Crippen molar-refractivity contribution in [2.24, 2.45) is 9.39 Å². The van der Waals surface area contributed by atoms with Crippen molar-refractivity contribution >= 4 is 49.9 Å². The molecular weight excluding hydrogens is 352 g/mol. The number of nitrogens with zero attached hydrogens (tertiary/aromatic N) is 3. The Labute approximate surface area is 142 Å². The molecule has 0 fully saturated rings. The fourth-order valence-corrected chi connectivity index (χ4v) is 4.13. The van der Waals surface area contributed by atoms with Crippen LogP contribution >= 0.6 is 11.9 Å². The number of rotatable bonds is 2. The van der Waals surface area contributed by atoms with Crippen molar-refractivity contribution in [3.05, 3.63) is 29.2 Å². The average Bonchev–Trinajstić information content (AvgIpc) is 3.09. The van der Waals surface area contributed by atoms with Crippen LogP contribution in [0.4, 0.5) is 0 Å². The third-order valence-electron chi connectivity index (χ3n) is 3.42. The van der Waals surface area contributed by atoms with Gasteiger partial charge in [-0.2, -0.15) is 9.39 Å². The molecule has 2 aliphatic rings. The summed E-state index contributed by atoms with van der Waals surface area (Å²) < 4.78 is 34.1. The summed E-state index contributed by atoms with van der Waals surface area (Å²) in [6.07, 6.45) is 1.38. The first-order valence-electron chi connectivity index (χ1n) is 7.01. The molecule has 0 radical (unpaired) electrons. The molecule has 1 amide bonds. The molecule has 10 heteroatoms. The molecule has 0 bridgehead atoms. The van der Waals surface area contributed by atoms with Crippen molar-refractivity contribution < 1.29 is 17.6 Å². The SMILES string of the molecule is Cc1ccc(/C=C2/C(=N)N3C(=NC2=O)SN=C3S(=O)(=O)C(C)C)o1. The highest BCUT2D eigenvalue weighted by atomic mass is 32.2. The van der Waals surface area contributed by atoms with Gasteiger partial charge in [0.2, 0.25) is 20.2 Å². The van der Waals surface area contributed by atoms with Gasteiger partial charge in [0.15, 0.2) is 0 Å². The monoisotopic (exact) mass is 366 g/mol. The summed E-state index contributed by atoms with van der Waals surface area (Å²) in [5.41, 5.74) is -0.0535. The largest absolute Gasteiger partial charge is 0.462 e. The fourth-order valence-electron chi connectivity index (χ4n) is 2.07. The van der Waals surface area contributed by atoms with Gasteiger partial charge in [0.1, 0.15) is 17.4 Å². The van der Waals surface area contributed by atoms with E-state index in [9.17, 15) is 13.2 Å². The second-order valence-electron chi connectivity index (χ2n) is 5.45. The molecule has 0 aliphatic carbocycles. The highest BCUT2D eigenvalue weighted by Gasteiger charge is 2.43. The van der Waals surface area contributed by atoms with E-state index in [2.05, 4.69) is 9.39 Å². The molecule has 0 atom stereocenters. The van der Waals surface area contributed by atoms with Crippen molar-refractivity contribution in [3.63, 3.8) is 0 Å². The Hall–Kier alpha value is -2.20. The number of amidine groups is 3. The van der Waals surface area contributed by atoms with Gasteiger partial charge in [0.25, 0.3) is 5.91 Å². The summed E-state index contributed by atoms with van der Waals surface area (Å²) in [6, 6.07) is 3.38. The number of aliphatic imine (C=N–C) groups is 1. The molecule has 1 aromatic rings. The molecular formula is C14H14N4O4S2. The van der Waals surface area contributed by atoms with E-state index >= 15 is 0 Å². The van der Waals surface area contributed by atoms with Crippen LogP contribution in [-0.2, 0) is 14.6 Å². The smallest absolute Gasteiger partial charge is 0.283 e. The minimum absolute atomic E-state index is 0.0535. The maximum atomic E-state index is 12.4. The van der Waals surface area contributed by atoms with Crippen LogP contribution in [0.1, 0.15) is 25.4 Å². The van der Waals surface area contributed by atoms with Crippen molar-refractivity contribution in [2.75, 3.05) is 0 Å². The molecule has 1 aromatic heterocycles. The zero-order chi connectivity index (χ0) is 17.6. The molecule has 0 saturated carbocycles. The van der Waals surface area contributed by atoms with E-state index in [4.69, 9.17) is 9.83 Å². The molecule has 3 heterocycles. The second-order valence-corrected chi connectivity index (χ2v) is 8.58. The fraction of sp³-hybridized carbons (Fsp3) is 0.286. The Balaban J connectivity index is 2.05. The summed E-state index contributed by atoms with van der Waals surface area (Å²) in [4.78, 5) is 17.1. The summed E-state index contributed by atoms with van der Waals surface area (Å²) in [5.74, 6) is 0.122. The predicted octanol–water partition coefficient (Wildman–Crippen LogP) is 1.99. The standard InChI is InChI=1S/C14H14N4O4S2/c1-7(2)24(20,21)14-17-23-13-16-12(19)10(11(15)18(13)14)6-9-5-4-8(3)22-9/h4-7,15H,1-3H3/b10-6-,15-11?. The van der Waals surface area contributed by atoms with Gasteiger partial charge in [-0.1, -0.05) is 0 Å². The normalized spacial score (nSPS) is 19.8. The van der Waals surface area contributed by atoms with E-state index in [1.54, 1.807) is 19.1 Å². The first kappa shape index (κ1) is 16.7. The Bertz CT molecular complexity index is 938. The zero-order valence-corrected chi connectivity index (χ0v) is 14.7. The number of carbonyl (C=O) groups is 1. The maximum absolute atomic E-state index is 12.4. The first-order chi connectivity index (χ1) is 11.2. The van der Waals surface area contributed by atoms with Crippen LogP contribution in [0.25, 0.3) is 6.08 Å². The number of amides is 1. The molecule has 126 valence electrons. The van der Waals surface area contributed by atoms with Gasteiger partial charge in [-0.15, -0.1) is 0 Å². The van der Waals surface area contributed by atoms with Gasteiger partial charge in [-0.05, 0) is 39.0 Å². The number of fused-ring (bicyclic) bond motifs is 1.